The summed E-state index contributed by atoms with van der Waals surface area (Å²) in [5.41, 5.74) is -0.350. The third kappa shape index (κ3) is 2.69. The van der Waals surface area contributed by atoms with Crippen molar-refractivity contribution in [1.29, 1.82) is 0 Å². The van der Waals surface area contributed by atoms with Gasteiger partial charge in [-0.3, -0.25) is 4.79 Å². The number of aromatic nitrogens is 3. The second-order valence-corrected chi connectivity index (χ2v) is 4.53. The van der Waals surface area contributed by atoms with Crippen LogP contribution in [0.2, 0.25) is 5.02 Å². The van der Waals surface area contributed by atoms with E-state index in [9.17, 15) is 9.59 Å². The molecule has 6 nitrogen and oxygen atoms in total. The van der Waals surface area contributed by atoms with Crippen LogP contribution in [0.3, 0.4) is 0 Å². The van der Waals surface area contributed by atoms with E-state index in [1.54, 1.807) is 0 Å². The number of hydrogen-bond acceptors (Lipinski definition) is 5. The van der Waals surface area contributed by atoms with Gasteiger partial charge in [0.15, 0.2) is 0 Å². The fourth-order valence-electron chi connectivity index (χ4n) is 1.14. The molecule has 2 N–H and O–H groups in total. The molecule has 0 spiro atoms. The van der Waals surface area contributed by atoms with Gasteiger partial charge in [-0.2, -0.15) is 0 Å². The van der Waals surface area contributed by atoms with Gasteiger partial charge in [-0.25, -0.2) is 14.8 Å². The lowest BCUT2D eigenvalue weighted by atomic mass is 10.3. The molecule has 0 aliphatic heterocycles. The number of carbonyl (C=O) groups is 1. The predicted octanol–water partition coefficient (Wildman–Crippen LogP) is 1.67. The van der Waals surface area contributed by atoms with Crippen molar-refractivity contribution in [2.45, 2.75) is 10.1 Å². The Morgan fingerprint density at radius 1 is 1.44 bits per heavy atom. The fourth-order valence-corrected chi connectivity index (χ4v) is 2.14. The highest BCUT2D eigenvalue weighted by Gasteiger charge is 2.10. The number of carboxylic acid groups (broad SMARTS) is 1. The Labute approximate surface area is 110 Å². The number of nitrogens with one attached hydrogen (secondary N) is 1. The third-order valence-electron chi connectivity index (χ3n) is 1.95. The summed E-state index contributed by atoms with van der Waals surface area (Å²) in [5.74, 6) is -1.05. The summed E-state index contributed by atoms with van der Waals surface area (Å²) in [5, 5.41) is 9.46. The molecule has 0 unspecified atom stereocenters. The molecule has 0 aliphatic rings. The monoisotopic (exact) mass is 283 g/mol. The molecule has 0 aromatic carbocycles. The zero-order valence-electron chi connectivity index (χ0n) is 8.75. The molecule has 0 bridgehead atoms. The summed E-state index contributed by atoms with van der Waals surface area (Å²) in [6, 6.07) is 2.76. The molecule has 0 saturated carbocycles. The SMILES string of the molecule is O=C(O)c1ccnc(Sc2nc[nH]c(=O)c2Cl)c1. The van der Waals surface area contributed by atoms with E-state index in [0.717, 1.165) is 11.8 Å². The maximum absolute atomic E-state index is 11.2. The van der Waals surface area contributed by atoms with Crippen molar-refractivity contribution in [2.24, 2.45) is 0 Å². The smallest absolute Gasteiger partial charge is 0.335 e. The highest BCUT2D eigenvalue weighted by atomic mass is 35.5. The van der Waals surface area contributed by atoms with Crippen molar-refractivity contribution in [3.8, 4) is 0 Å². The van der Waals surface area contributed by atoms with E-state index in [0.29, 0.717) is 5.03 Å². The van der Waals surface area contributed by atoms with Gasteiger partial charge in [-0.05, 0) is 23.9 Å². The molecule has 2 aromatic heterocycles. The van der Waals surface area contributed by atoms with Gasteiger partial charge in [0.05, 0.1) is 11.9 Å². The average Bonchev–Trinajstić information content (AvgIpc) is 2.35. The van der Waals surface area contributed by atoms with Crippen LogP contribution in [0.25, 0.3) is 0 Å². The van der Waals surface area contributed by atoms with Crippen LogP contribution in [0, 0.1) is 0 Å². The van der Waals surface area contributed by atoms with Gasteiger partial charge in [0.2, 0.25) is 0 Å². The van der Waals surface area contributed by atoms with E-state index < -0.39 is 11.5 Å². The van der Waals surface area contributed by atoms with Crippen molar-refractivity contribution in [3.63, 3.8) is 0 Å². The second kappa shape index (κ2) is 5.19. The molecule has 0 saturated heterocycles. The molecular formula is C10H6ClN3O3S. The number of aromatic amines is 1. The minimum Gasteiger partial charge on any atom is -0.478 e. The van der Waals surface area contributed by atoms with Crippen LogP contribution in [-0.4, -0.2) is 26.0 Å². The maximum Gasteiger partial charge on any atom is 0.335 e. The van der Waals surface area contributed by atoms with Crippen molar-refractivity contribution in [1.82, 2.24) is 15.0 Å². The number of nitrogens with zero attached hydrogens (tertiary/aromatic N) is 2. The van der Waals surface area contributed by atoms with Crippen molar-refractivity contribution in [3.05, 3.63) is 45.6 Å². The lowest BCUT2D eigenvalue weighted by Crippen LogP contribution is -2.07. The maximum atomic E-state index is 11.2. The summed E-state index contributed by atoms with van der Waals surface area (Å²) in [4.78, 5) is 32.2. The van der Waals surface area contributed by atoms with E-state index in [-0.39, 0.29) is 15.6 Å². The Kier molecular flexibility index (Phi) is 3.63. The molecule has 0 amide bonds. The van der Waals surface area contributed by atoms with Gasteiger partial charge >= 0.3 is 5.97 Å². The second-order valence-electron chi connectivity index (χ2n) is 3.14. The van der Waals surface area contributed by atoms with Crippen LogP contribution in [-0.2, 0) is 0 Å². The Balaban J connectivity index is 2.34. The molecule has 92 valence electrons. The van der Waals surface area contributed by atoms with Crippen LogP contribution in [0.1, 0.15) is 10.4 Å². The molecule has 2 rings (SSSR count). The number of halogens is 1. The van der Waals surface area contributed by atoms with Crippen molar-refractivity contribution in [2.75, 3.05) is 0 Å². The minimum atomic E-state index is -1.05. The zero-order chi connectivity index (χ0) is 13.1. The summed E-state index contributed by atoms with van der Waals surface area (Å²) < 4.78 is 0. The Morgan fingerprint density at radius 3 is 2.94 bits per heavy atom. The zero-order valence-corrected chi connectivity index (χ0v) is 10.3. The first-order valence-corrected chi connectivity index (χ1v) is 5.88. The van der Waals surface area contributed by atoms with Crippen LogP contribution >= 0.6 is 23.4 Å². The van der Waals surface area contributed by atoms with E-state index in [2.05, 4.69) is 15.0 Å². The molecule has 2 heterocycles. The molecule has 0 aliphatic carbocycles. The highest BCUT2D eigenvalue weighted by Crippen LogP contribution is 2.28. The van der Waals surface area contributed by atoms with Gasteiger partial charge in [-0.15, -0.1) is 0 Å². The van der Waals surface area contributed by atoms with Gasteiger partial charge in [0.25, 0.3) is 5.56 Å². The summed E-state index contributed by atoms with van der Waals surface area (Å²) in [6.07, 6.45) is 2.59. The standard InChI is InChI=1S/C10H6ClN3O3S/c11-7-8(15)13-4-14-9(7)18-6-3-5(10(16)17)1-2-12-6/h1-4H,(H,16,17)(H,13,14,15). The molecule has 0 radical (unpaired) electrons. The van der Waals surface area contributed by atoms with Gasteiger partial charge in [-0.1, -0.05) is 11.6 Å². The molecule has 18 heavy (non-hydrogen) atoms. The first-order valence-electron chi connectivity index (χ1n) is 4.68. The highest BCUT2D eigenvalue weighted by molar-refractivity contribution is 7.99. The third-order valence-corrected chi connectivity index (χ3v) is 3.35. The first-order chi connectivity index (χ1) is 8.58. The number of hydrogen-bond donors (Lipinski definition) is 2. The van der Waals surface area contributed by atoms with Crippen LogP contribution in [0.15, 0.2) is 39.5 Å². The lowest BCUT2D eigenvalue weighted by molar-refractivity contribution is 0.0696. The normalized spacial score (nSPS) is 10.3. The first kappa shape index (κ1) is 12.6. The van der Waals surface area contributed by atoms with E-state index in [1.807, 2.05) is 0 Å². The van der Waals surface area contributed by atoms with Crippen LogP contribution in [0.4, 0.5) is 0 Å². The topological polar surface area (TPSA) is 95.9 Å². The van der Waals surface area contributed by atoms with Crippen LogP contribution in [0.5, 0.6) is 0 Å². The quantitative estimate of drug-likeness (QED) is 0.832. The largest absolute Gasteiger partial charge is 0.478 e. The molecule has 0 atom stereocenters. The number of pyridine rings is 1. The lowest BCUT2D eigenvalue weighted by Gasteiger charge is -2.02. The molecular weight excluding hydrogens is 278 g/mol. The van der Waals surface area contributed by atoms with E-state index in [1.165, 1.54) is 24.7 Å². The Morgan fingerprint density at radius 2 is 2.22 bits per heavy atom. The summed E-state index contributed by atoms with van der Waals surface area (Å²) in [7, 11) is 0. The Hall–Kier alpha value is -1.86. The number of aromatic carboxylic acids is 1. The van der Waals surface area contributed by atoms with Crippen molar-refractivity contribution < 1.29 is 9.90 Å². The average molecular weight is 284 g/mol. The Bertz CT molecular complexity index is 659. The predicted molar refractivity (Wildman–Crippen MR) is 65.2 cm³/mol. The number of carboxylic acids is 1. The summed E-state index contributed by atoms with van der Waals surface area (Å²) >= 11 is 6.80. The van der Waals surface area contributed by atoms with Crippen LogP contribution < -0.4 is 5.56 Å². The minimum absolute atomic E-state index is 0.0509. The van der Waals surface area contributed by atoms with Gasteiger partial charge < -0.3 is 10.1 Å². The number of H-pyrrole nitrogens is 1. The fraction of sp³-hybridized carbons (Fsp3) is 0. The number of rotatable bonds is 3. The van der Waals surface area contributed by atoms with E-state index in [4.69, 9.17) is 16.7 Å². The molecule has 2 aromatic rings. The van der Waals surface area contributed by atoms with Gasteiger partial charge in [0.1, 0.15) is 15.1 Å². The summed E-state index contributed by atoms with van der Waals surface area (Å²) in [6.45, 7) is 0. The van der Waals surface area contributed by atoms with Crippen molar-refractivity contribution >= 4 is 29.3 Å². The molecule has 0 fully saturated rings. The molecule has 8 heteroatoms. The van der Waals surface area contributed by atoms with E-state index >= 15 is 0 Å². The van der Waals surface area contributed by atoms with Gasteiger partial charge in [0, 0.05) is 6.20 Å².